The Kier molecular flexibility index (Phi) is 2.79. The highest BCUT2D eigenvalue weighted by atomic mass is 19.4. The van der Waals surface area contributed by atoms with Crippen molar-refractivity contribution < 1.29 is 17.9 Å². The van der Waals surface area contributed by atoms with Gasteiger partial charge in [0.25, 0.3) is 0 Å². The zero-order chi connectivity index (χ0) is 12.5. The first kappa shape index (κ1) is 11.5. The van der Waals surface area contributed by atoms with Gasteiger partial charge in [-0.05, 0) is 36.8 Å². The Balaban J connectivity index is 2.19. The van der Waals surface area contributed by atoms with Crippen molar-refractivity contribution in [3.63, 3.8) is 0 Å². The first-order chi connectivity index (χ1) is 7.94. The summed E-state index contributed by atoms with van der Waals surface area (Å²) in [6.45, 7) is 1.80. The number of benzene rings is 1. The minimum absolute atomic E-state index is 0.238. The standard InChI is InChI=1S/C11H9F3N2O/c1-7-15-6-10(16-7)8-2-4-9(5-3-8)17-11(12,13)14/h2-6H,1H3,(H,15,16). The molecule has 0 atom stereocenters. The summed E-state index contributed by atoms with van der Waals surface area (Å²) in [5, 5.41) is 0. The van der Waals surface area contributed by atoms with Gasteiger partial charge in [-0.25, -0.2) is 4.98 Å². The van der Waals surface area contributed by atoms with Crippen molar-refractivity contribution in [1.82, 2.24) is 9.97 Å². The van der Waals surface area contributed by atoms with Crippen LogP contribution in [0, 0.1) is 6.92 Å². The molecular weight excluding hydrogens is 233 g/mol. The minimum Gasteiger partial charge on any atom is -0.406 e. The van der Waals surface area contributed by atoms with Crippen molar-refractivity contribution in [3.05, 3.63) is 36.3 Å². The van der Waals surface area contributed by atoms with Crippen molar-refractivity contribution >= 4 is 0 Å². The van der Waals surface area contributed by atoms with E-state index >= 15 is 0 Å². The highest BCUT2D eigenvalue weighted by Crippen LogP contribution is 2.25. The summed E-state index contributed by atoms with van der Waals surface area (Å²) in [5.74, 6) is 0.508. The Morgan fingerprint density at radius 1 is 1.18 bits per heavy atom. The van der Waals surface area contributed by atoms with Gasteiger partial charge in [-0.15, -0.1) is 13.2 Å². The molecule has 17 heavy (non-hydrogen) atoms. The lowest BCUT2D eigenvalue weighted by molar-refractivity contribution is -0.274. The van der Waals surface area contributed by atoms with Gasteiger partial charge in [0, 0.05) is 0 Å². The van der Waals surface area contributed by atoms with Crippen LogP contribution in [-0.4, -0.2) is 16.3 Å². The second-order valence-corrected chi connectivity index (χ2v) is 3.45. The molecule has 0 saturated heterocycles. The fourth-order valence-electron chi connectivity index (χ4n) is 1.40. The largest absolute Gasteiger partial charge is 0.573 e. The summed E-state index contributed by atoms with van der Waals surface area (Å²) >= 11 is 0. The molecule has 0 saturated carbocycles. The summed E-state index contributed by atoms with van der Waals surface area (Å²) < 4.78 is 39.6. The van der Waals surface area contributed by atoms with E-state index in [0.29, 0.717) is 0 Å². The number of aryl methyl sites for hydroxylation is 1. The molecule has 0 aliphatic heterocycles. The quantitative estimate of drug-likeness (QED) is 0.877. The summed E-state index contributed by atoms with van der Waals surface area (Å²) in [6, 6.07) is 5.60. The van der Waals surface area contributed by atoms with E-state index in [9.17, 15) is 13.2 Å². The van der Waals surface area contributed by atoms with Gasteiger partial charge in [-0.1, -0.05) is 0 Å². The van der Waals surface area contributed by atoms with Crippen LogP contribution in [0.15, 0.2) is 30.5 Å². The molecule has 0 amide bonds. The number of nitrogens with zero attached hydrogens (tertiary/aromatic N) is 1. The molecule has 1 N–H and O–H groups in total. The van der Waals surface area contributed by atoms with Gasteiger partial charge >= 0.3 is 6.36 Å². The highest BCUT2D eigenvalue weighted by molar-refractivity contribution is 5.59. The van der Waals surface area contributed by atoms with Gasteiger partial charge < -0.3 is 9.72 Å². The number of aromatic amines is 1. The molecule has 90 valence electrons. The van der Waals surface area contributed by atoms with E-state index in [1.165, 1.54) is 24.3 Å². The Morgan fingerprint density at radius 3 is 2.29 bits per heavy atom. The zero-order valence-corrected chi connectivity index (χ0v) is 8.88. The summed E-state index contributed by atoms with van der Waals surface area (Å²) in [6.07, 6.45) is -3.04. The molecule has 0 radical (unpaired) electrons. The molecule has 2 rings (SSSR count). The van der Waals surface area contributed by atoms with Gasteiger partial charge in [0.15, 0.2) is 0 Å². The lowest BCUT2D eigenvalue weighted by atomic mass is 10.2. The second-order valence-electron chi connectivity index (χ2n) is 3.45. The lowest BCUT2D eigenvalue weighted by Crippen LogP contribution is -2.16. The van der Waals surface area contributed by atoms with E-state index in [4.69, 9.17) is 0 Å². The molecule has 0 aliphatic rings. The smallest absolute Gasteiger partial charge is 0.406 e. The fourth-order valence-corrected chi connectivity index (χ4v) is 1.40. The maximum absolute atomic E-state index is 11.9. The number of H-pyrrole nitrogens is 1. The maximum Gasteiger partial charge on any atom is 0.573 e. The van der Waals surface area contributed by atoms with Crippen LogP contribution in [0.1, 0.15) is 5.82 Å². The molecule has 1 aromatic heterocycles. The van der Waals surface area contributed by atoms with Crippen LogP contribution >= 0.6 is 0 Å². The first-order valence-electron chi connectivity index (χ1n) is 4.82. The molecule has 1 aromatic carbocycles. The molecule has 0 unspecified atom stereocenters. The van der Waals surface area contributed by atoms with E-state index in [-0.39, 0.29) is 5.75 Å². The van der Waals surface area contributed by atoms with Crippen LogP contribution in [0.3, 0.4) is 0 Å². The average Bonchev–Trinajstić information content (AvgIpc) is 2.63. The van der Waals surface area contributed by atoms with Crippen LogP contribution in [0.25, 0.3) is 11.3 Å². The highest BCUT2D eigenvalue weighted by Gasteiger charge is 2.30. The number of nitrogens with one attached hydrogen (secondary N) is 1. The normalized spacial score (nSPS) is 11.5. The average molecular weight is 242 g/mol. The predicted molar refractivity (Wildman–Crippen MR) is 55.4 cm³/mol. The van der Waals surface area contributed by atoms with E-state index in [1.807, 2.05) is 0 Å². The molecule has 0 bridgehead atoms. The molecular formula is C11H9F3N2O. The fraction of sp³-hybridized carbons (Fsp3) is 0.182. The number of halogens is 3. The van der Waals surface area contributed by atoms with Crippen molar-refractivity contribution in [2.24, 2.45) is 0 Å². The van der Waals surface area contributed by atoms with E-state index in [1.54, 1.807) is 13.1 Å². The molecule has 0 fully saturated rings. The monoisotopic (exact) mass is 242 g/mol. The van der Waals surface area contributed by atoms with Crippen LogP contribution in [0.5, 0.6) is 5.75 Å². The molecule has 3 nitrogen and oxygen atoms in total. The summed E-state index contributed by atoms with van der Waals surface area (Å²) in [5.41, 5.74) is 1.50. The minimum atomic E-state index is -4.66. The van der Waals surface area contributed by atoms with Gasteiger partial charge in [0.2, 0.25) is 0 Å². The lowest BCUT2D eigenvalue weighted by Gasteiger charge is -2.08. The number of aromatic nitrogens is 2. The first-order valence-corrected chi connectivity index (χ1v) is 4.82. The number of ether oxygens (including phenoxy) is 1. The third kappa shape index (κ3) is 2.99. The number of hydrogen-bond acceptors (Lipinski definition) is 2. The number of hydrogen-bond donors (Lipinski definition) is 1. The third-order valence-electron chi connectivity index (χ3n) is 2.10. The van der Waals surface area contributed by atoms with Crippen molar-refractivity contribution in [2.75, 3.05) is 0 Å². The van der Waals surface area contributed by atoms with E-state index in [2.05, 4.69) is 14.7 Å². The Hall–Kier alpha value is -1.98. The second kappa shape index (κ2) is 4.12. The molecule has 0 aliphatic carbocycles. The van der Waals surface area contributed by atoms with Gasteiger partial charge in [0.05, 0.1) is 11.9 Å². The molecule has 6 heteroatoms. The van der Waals surface area contributed by atoms with Crippen LogP contribution in [-0.2, 0) is 0 Å². The van der Waals surface area contributed by atoms with Gasteiger partial charge in [0.1, 0.15) is 11.6 Å². The van der Waals surface area contributed by atoms with E-state index in [0.717, 1.165) is 17.1 Å². The van der Waals surface area contributed by atoms with Crippen molar-refractivity contribution in [2.45, 2.75) is 13.3 Å². The van der Waals surface area contributed by atoms with Gasteiger partial charge in [-0.3, -0.25) is 0 Å². The Labute approximate surface area is 95.3 Å². The van der Waals surface area contributed by atoms with Crippen molar-refractivity contribution in [1.29, 1.82) is 0 Å². The van der Waals surface area contributed by atoms with Gasteiger partial charge in [-0.2, -0.15) is 0 Å². The van der Waals surface area contributed by atoms with Crippen molar-refractivity contribution in [3.8, 4) is 17.0 Å². The molecule has 2 aromatic rings. The van der Waals surface area contributed by atoms with E-state index < -0.39 is 6.36 Å². The predicted octanol–water partition coefficient (Wildman–Crippen LogP) is 3.28. The number of alkyl halides is 3. The number of imidazole rings is 1. The van der Waals surface area contributed by atoms with Crippen LogP contribution < -0.4 is 4.74 Å². The summed E-state index contributed by atoms with van der Waals surface area (Å²) in [4.78, 5) is 6.99. The molecule has 1 heterocycles. The SMILES string of the molecule is Cc1ncc(-c2ccc(OC(F)(F)F)cc2)[nH]1. The van der Waals surface area contributed by atoms with Crippen LogP contribution in [0.4, 0.5) is 13.2 Å². The van der Waals surface area contributed by atoms with Crippen LogP contribution in [0.2, 0.25) is 0 Å². The Bertz CT molecular complexity index is 502. The maximum atomic E-state index is 11.9. The third-order valence-corrected chi connectivity index (χ3v) is 2.10. The summed E-state index contributed by atoms with van der Waals surface area (Å²) in [7, 11) is 0. The zero-order valence-electron chi connectivity index (χ0n) is 8.88. The Morgan fingerprint density at radius 2 is 1.82 bits per heavy atom. The topological polar surface area (TPSA) is 37.9 Å². The molecule has 0 spiro atoms. The number of rotatable bonds is 2.